The van der Waals surface area contributed by atoms with Crippen LogP contribution in [0.4, 0.5) is 0 Å². The van der Waals surface area contributed by atoms with E-state index < -0.39 is 0 Å². The molecule has 0 radical (unpaired) electrons. The van der Waals surface area contributed by atoms with Gasteiger partial charge in [-0.3, -0.25) is 0 Å². The van der Waals surface area contributed by atoms with Crippen molar-refractivity contribution in [3.05, 3.63) is 35.0 Å². The van der Waals surface area contributed by atoms with E-state index in [1.807, 2.05) is 12.2 Å². The van der Waals surface area contributed by atoms with E-state index >= 15 is 0 Å². The first kappa shape index (κ1) is 9.21. The smallest absolute Gasteiger partial charge is 0.495 e. The summed E-state index contributed by atoms with van der Waals surface area (Å²) in [7, 11) is -0.250. The highest BCUT2D eigenvalue weighted by molar-refractivity contribution is 6.57. The molecule has 3 heterocycles. The Bertz CT molecular complexity index is 375. The fourth-order valence-corrected chi connectivity index (χ4v) is 2.10. The van der Waals surface area contributed by atoms with Gasteiger partial charge in [0.1, 0.15) is 6.61 Å². The van der Waals surface area contributed by atoms with Crippen LogP contribution in [-0.2, 0) is 14.0 Å². The summed E-state index contributed by atoms with van der Waals surface area (Å²) in [6.45, 7) is 1.66. The molecule has 3 aliphatic rings. The molecule has 1 atom stereocenters. The van der Waals surface area contributed by atoms with Crippen LogP contribution in [0.5, 0.6) is 0 Å². The van der Waals surface area contributed by atoms with Gasteiger partial charge in [0.05, 0.1) is 19.0 Å². The molecule has 4 nitrogen and oxygen atoms in total. The molecule has 0 aromatic rings. The molecule has 0 aromatic carbocycles. The summed E-state index contributed by atoms with van der Waals surface area (Å²) in [4.78, 5) is 0. The molecule has 5 heteroatoms. The molecule has 78 valence electrons. The van der Waals surface area contributed by atoms with Gasteiger partial charge in [0.2, 0.25) is 0 Å². The van der Waals surface area contributed by atoms with Crippen LogP contribution in [-0.4, -0.2) is 33.0 Å². The third-order valence-corrected chi connectivity index (χ3v) is 2.83. The Morgan fingerprint density at radius 3 is 3.27 bits per heavy atom. The second kappa shape index (κ2) is 3.52. The quantitative estimate of drug-likeness (QED) is 0.620. The standard InChI is InChI=1S/C10H12BNO3/c12-4-9-3-7-1-2-13-5-8-6-14-11(15-9)10(7)8/h1-3,9H,4-6,12H2/t9-/m0/s1. The Labute approximate surface area is 88.5 Å². The van der Waals surface area contributed by atoms with Crippen molar-refractivity contribution in [1.29, 1.82) is 0 Å². The van der Waals surface area contributed by atoms with E-state index in [1.54, 1.807) is 6.26 Å². The predicted molar refractivity (Wildman–Crippen MR) is 55.8 cm³/mol. The van der Waals surface area contributed by atoms with Gasteiger partial charge in [0, 0.05) is 6.54 Å². The van der Waals surface area contributed by atoms with Crippen LogP contribution in [0.3, 0.4) is 0 Å². The van der Waals surface area contributed by atoms with Gasteiger partial charge in [-0.25, -0.2) is 0 Å². The van der Waals surface area contributed by atoms with Crippen molar-refractivity contribution in [3.8, 4) is 0 Å². The van der Waals surface area contributed by atoms with Crippen LogP contribution < -0.4 is 5.73 Å². The highest BCUT2D eigenvalue weighted by Crippen LogP contribution is 2.33. The van der Waals surface area contributed by atoms with Gasteiger partial charge >= 0.3 is 7.12 Å². The molecule has 0 bridgehead atoms. The molecule has 0 amide bonds. The zero-order valence-corrected chi connectivity index (χ0v) is 8.31. The molecule has 2 N–H and O–H groups in total. The van der Waals surface area contributed by atoms with Gasteiger partial charge in [-0.15, -0.1) is 0 Å². The van der Waals surface area contributed by atoms with E-state index in [1.165, 1.54) is 5.57 Å². The maximum atomic E-state index is 5.68. The van der Waals surface area contributed by atoms with Crippen molar-refractivity contribution in [1.82, 2.24) is 0 Å². The fourth-order valence-electron chi connectivity index (χ4n) is 2.10. The lowest BCUT2D eigenvalue weighted by Crippen LogP contribution is -2.36. The first-order chi connectivity index (χ1) is 7.38. The van der Waals surface area contributed by atoms with Gasteiger partial charge in [-0.1, -0.05) is 0 Å². The van der Waals surface area contributed by atoms with Gasteiger partial charge in [-0.2, -0.15) is 0 Å². The van der Waals surface area contributed by atoms with E-state index in [2.05, 4.69) is 0 Å². The summed E-state index contributed by atoms with van der Waals surface area (Å²) in [5, 5.41) is 0. The van der Waals surface area contributed by atoms with Gasteiger partial charge in [-0.05, 0) is 28.8 Å². The van der Waals surface area contributed by atoms with E-state index in [-0.39, 0.29) is 13.2 Å². The third-order valence-electron chi connectivity index (χ3n) is 2.83. The molecule has 0 spiro atoms. The van der Waals surface area contributed by atoms with Crippen molar-refractivity contribution < 1.29 is 14.0 Å². The van der Waals surface area contributed by atoms with Gasteiger partial charge < -0.3 is 19.8 Å². The Balaban J connectivity index is 2.05. The van der Waals surface area contributed by atoms with E-state index in [0.717, 1.165) is 11.0 Å². The molecular weight excluding hydrogens is 193 g/mol. The Morgan fingerprint density at radius 2 is 2.40 bits per heavy atom. The molecule has 0 saturated carbocycles. The zero-order valence-electron chi connectivity index (χ0n) is 8.31. The largest absolute Gasteiger partial charge is 0.497 e. The highest BCUT2D eigenvalue weighted by Gasteiger charge is 2.40. The zero-order chi connectivity index (χ0) is 10.3. The molecule has 0 unspecified atom stereocenters. The summed E-state index contributed by atoms with van der Waals surface area (Å²) >= 11 is 0. The SMILES string of the molecule is NC[C@@H]1C=C2C=COCC3=C2B(OC3)O1. The second-order valence-electron chi connectivity index (χ2n) is 3.81. The molecule has 0 aliphatic carbocycles. The predicted octanol–water partition coefficient (Wildman–Crippen LogP) is 0.168. The summed E-state index contributed by atoms with van der Waals surface area (Å²) in [5.74, 6) is 0. The lowest BCUT2D eigenvalue weighted by atomic mass is 9.71. The van der Waals surface area contributed by atoms with Gasteiger partial charge in [0.15, 0.2) is 0 Å². The number of nitrogens with two attached hydrogens (primary N) is 1. The van der Waals surface area contributed by atoms with Crippen LogP contribution in [0, 0.1) is 0 Å². The van der Waals surface area contributed by atoms with Crippen molar-refractivity contribution in [3.63, 3.8) is 0 Å². The van der Waals surface area contributed by atoms with E-state index in [9.17, 15) is 0 Å². The molecule has 0 saturated heterocycles. The molecule has 0 aromatic heterocycles. The number of hydrogen-bond donors (Lipinski definition) is 1. The lowest BCUT2D eigenvalue weighted by Gasteiger charge is -2.23. The average Bonchev–Trinajstić information content (AvgIpc) is 2.55. The maximum Gasteiger partial charge on any atom is 0.495 e. The van der Waals surface area contributed by atoms with E-state index in [0.29, 0.717) is 19.8 Å². The summed E-state index contributed by atoms with van der Waals surface area (Å²) in [5.41, 5.74) is 9.04. The summed E-state index contributed by atoms with van der Waals surface area (Å²) in [6, 6.07) is 0. The lowest BCUT2D eigenvalue weighted by molar-refractivity contribution is 0.183. The minimum absolute atomic E-state index is 0.0594. The topological polar surface area (TPSA) is 53.7 Å². The van der Waals surface area contributed by atoms with Crippen LogP contribution >= 0.6 is 0 Å². The average molecular weight is 205 g/mol. The monoisotopic (exact) mass is 205 g/mol. The molecule has 3 rings (SSSR count). The van der Waals surface area contributed by atoms with Crippen LogP contribution in [0.1, 0.15) is 0 Å². The van der Waals surface area contributed by atoms with Crippen molar-refractivity contribution in [2.75, 3.05) is 19.8 Å². The fraction of sp³-hybridized carbons (Fsp3) is 0.400. The highest BCUT2D eigenvalue weighted by atomic mass is 16.6. The number of rotatable bonds is 1. The van der Waals surface area contributed by atoms with Crippen LogP contribution in [0.25, 0.3) is 0 Å². The summed E-state index contributed by atoms with van der Waals surface area (Å²) in [6.07, 6.45) is 5.65. The minimum atomic E-state index is -0.250. The number of allylic oxidation sites excluding steroid dienone is 3. The maximum absolute atomic E-state index is 5.68. The van der Waals surface area contributed by atoms with Crippen LogP contribution in [0.15, 0.2) is 35.0 Å². The van der Waals surface area contributed by atoms with Crippen molar-refractivity contribution in [2.24, 2.45) is 5.73 Å². The van der Waals surface area contributed by atoms with E-state index in [4.69, 9.17) is 19.8 Å². The minimum Gasteiger partial charge on any atom is -0.497 e. The third kappa shape index (κ3) is 1.43. The van der Waals surface area contributed by atoms with Crippen molar-refractivity contribution in [2.45, 2.75) is 6.10 Å². The van der Waals surface area contributed by atoms with Gasteiger partial charge in [0.25, 0.3) is 0 Å². The Morgan fingerprint density at radius 1 is 1.47 bits per heavy atom. The number of ether oxygens (including phenoxy) is 1. The van der Waals surface area contributed by atoms with Crippen molar-refractivity contribution >= 4 is 7.12 Å². The molecule has 0 fully saturated rings. The first-order valence-electron chi connectivity index (χ1n) is 5.08. The molecular formula is C10H12BNO3. The molecule has 3 aliphatic heterocycles. The number of hydrogen-bond acceptors (Lipinski definition) is 4. The van der Waals surface area contributed by atoms with Crippen LogP contribution in [0.2, 0.25) is 0 Å². The Hall–Kier alpha value is -1.04. The second-order valence-corrected chi connectivity index (χ2v) is 3.81. The normalized spacial score (nSPS) is 28.5. The Kier molecular flexibility index (Phi) is 2.16. The summed E-state index contributed by atoms with van der Waals surface area (Å²) < 4.78 is 16.6. The first-order valence-corrected chi connectivity index (χ1v) is 5.08. The molecule has 15 heavy (non-hydrogen) atoms.